The maximum atomic E-state index is 5.57. The molecule has 1 aliphatic rings. The van der Waals surface area contributed by atoms with Crippen LogP contribution in [0.3, 0.4) is 0 Å². The van der Waals surface area contributed by atoms with E-state index in [1.807, 2.05) is 24.3 Å². The molecule has 0 aromatic heterocycles. The Hall–Kier alpha value is -1.13. The highest BCUT2D eigenvalue weighted by Gasteiger charge is 2.16. The third-order valence-electron chi connectivity index (χ3n) is 3.16. The molecule has 1 atom stereocenters. The molecular formula is C13H19N3S. The Morgan fingerprint density at radius 1 is 1.41 bits per heavy atom. The Bertz CT molecular complexity index is 388. The fourth-order valence-corrected chi connectivity index (χ4v) is 2.39. The second kappa shape index (κ2) is 5.47. The molecule has 1 aromatic rings. The van der Waals surface area contributed by atoms with Crippen molar-refractivity contribution >= 4 is 22.9 Å². The molecule has 1 aromatic carbocycles. The lowest BCUT2D eigenvalue weighted by atomic mass is 10.1. The van der Waals surface area contributed by atoms with Gasteiger partial charge in [-0.3, -0.25) is 0 Å². The van der Waals surface area contributed by atoms with Gasteiger partial charge >= 0.3 is 0 Å². The van der Waals surface area contributed by atoms with E-state index < -0.39 is 0 Å². The van der Waals surface area contributed by atoms with Crippen molar-refractivity contribution in [3.05, 3.63) is 29.8 Å². The van der Waals surface area contributed by atoms with E-state index in [1.165, 1.54) is 19.4 Å². The molecule has 1 aliphatic heterocycles. The number of thiocarbonyl (C=S) groups is 1. The summed E-state index contributed by atoms with van der Waals surface area (Å²) in [6.45, 7) is 2.32. The van der Waals surface area contributed by atoms with Crippen molar-refractivity contribution in [1.29, 1.82) is 0 Å². The zero-order valence-electron chi connectivity index (χ0n) is 10.1. The first-order valence-electron chi connectivity index (χ1n) is 6.00. The standard InChI is InChI=1S/C13H19N3S/c1-16-8-2-3-12(9-16)15-11-6-4-10(5-7-11)13(14)17/h4-7,12,15H,2-3,8-9H2,1H3,(H2,14,17). The van der Waals surface area contributed by atoms with Gasteiger partial charge in [0.25, 0.3) is 0 Å². The fourth-order valence-electron chi connectivity index (χ4n) is 2.25. The van der Waals surface area contributed by atoms with Crippen molar-refractivity contribution in [3.8, 4) is 0 Å². The Labute approximate surface area is 108 Å². The number of nitrogens with two attached hydrogens (primary N) is 1. The summed E-state index contributed by atoms with van der Waals surface area (Å²) in [6, 6.07) is 8.57. The Balaban J connectivity index is 1.96. The lowest BCUT2D eigenvalue weighted by molar-refractivity contribution is 0.261. The van der Waals surface area contributed by atoms with E-state index in [-0.39, 0.29) is 0 Å². The number of likely N-dealkylation sites (tertiary alicyclic amines) is 1. The molecule has 0 saturated carbocycles. The Morgan fingerprint density at radius 3 is 2.71 bits per heavy atom. The highest BCUT2D eigenvalue weighted by Crippen LogP contribution is 2.16. The van der Waals surface area contributed by atoms with Gasteiger partial charge in [-0.25, -0.2) is 0 Å². The predicted molar refractivity (Wildman–Crippen MR) is 76.5 cm³/mol. The van der Waals surface area contributed by atoms with Crippen LogP contribution in [0, 0.1) is 0 Å². The van der Waals surface area contributed by atoms with Crippen LogP contribution in [-0.4, -0.2) is 36.1 Å². The quantitative estimate of drug-likeness (QED) is 0.802. The van der Waals surface area contributed by atoms with E-state index in [4.69, 9.17) is 18.0 Å². The topological polar surface area (TPSA) is 41.3 Å². The van der Waals surface area contributed by atoms with Crippen molar-refractivity contribution in [1.82, 2.24) is 4.90 Å². The number of hydrogen-bond acceptors (Lipinski definition) is 3. The number of anilines is 1. The molecule has 0 amide bonds. The van der Waals surface area contributed by atoms with Crippen molar-refractivity contribution < 1.29 is 0 Å². The zero-order chi connectivity index (χ0) is 12.3. The summed E-state index contributed by atoms with van der Waals surface area (Å²) < 4.78 is 0. The number of rotatable bonds is 3. The maximum absolute atomic E-state index is 5.57. The van der Waals surface area contributed by atoms with E-state index in [2.05, 4.69) is 17.3 Å². The molecule has 0 aliphatic carbocycles. The molecule has 0 radical (unpaired) electrons. The number of nitrogens with zero attached hydrogens (tertiary/aromatic N) is 1. The number of piperidine rings is 1. The van der Waals surface area contributed by atoms with Crippen LogP contribution >= 0.6 is 12.2 Å². The minimum atomic E-state index is 0.453. The minimum Gasteiger partial charge on any atom is -0.389 e. The van der Waals surface area contributed by atoms with Crippen LogP contribution < -0.4 is 11.1 Å². The third kappa shape index (κ3) is 3.41. The van der Waals surface area contributed by atoms with E-state index in [0.717, 1.165) is 17.8 Å². The largest absolute Gasteiger partial charge is 0.389 e. The van der Waals surface area contributed by atoms with Crippen LogP contribution in [0.2, 0.25) is 0 Å². The van der Waals surface area contributed by atoms with Gasteiger partial charge in [0.05, 0.1) is 0 Å². The average Bonchev–Trinajstić information content (AvgIpc) is 2.29. The van der Waals surface area contributed by atoms with Crippen LogP contribution in [-0.2, 0) is 0 Å². The van der Waals surface area contributed by atoms with Crippen molar-refractivity contribution in [3.63, 3.8) is 0 Å². The summed E-state index contributed by atoms with van der Waals surface area (Å²) in [4.78, 5) is 2.82. The molecule has 1 fully saturated rings. The zero-order valence-corrected chi connectivity index (χ0v) is 11.0. The van der Waals surface area contributed by atoms with E-state index >= 15 is 0 Å². The van der Waals surface area contributed by atoms with Gasteiger partial charge in [-0.15, -0.1) is 0 Å². The Morgan fingerprint density at radius 2 is 2.12 bits per heavy atom. The SMILES string of the molecule is CN1CCCC(Nc2ccc(C(N)=S)cc2)C1. The monoisotopic (exact) mass is 249 g/mol. The van der Waals surface area contributed by atoms with Crippen molar-refractivity contribution in [2.45, 2.75) is 18.9 Å². The van der Waals surface area contributed by atoms with Crippen LogP contribution in [0.15, 0.2) is 24.3 Å². The molecule has 1 saturated heterocycles. The third-order valence-corrected chi connectivity index (χ3v) is 3.40. The van der Waals surface area contributed by atoms with Crippen LogP contribution in [0.4, 0.5) is 5.69 Å². The molecule has 1 heterocycles. The molecular weight excluding hydrogens is 230 g/mol. The van der Waals surface area contributed by atoms with Crippen molar-refractivity contribution in [2.75, 3.05) is 25.5 Å². The molecule has 3 N–H and O–H groups in total. The van der Waals surface area contributed by atoms with Gasteiger partial charge in [0.2, 0.25) is 0 Å². The number of benzene rings is 1. The van der Waals surface area contributed by atoms with Gasteiger partial charge in [-0.1, -0.05) is 12.2 Å². The van der Waals surface area contributed by atoms with Gasteiger partial charge in [0.1, 0.15) is 4.99 Å². The van der Waals surface area contributed by atoms with Gasteiger partial charge in [0.15, 0.2) is 0 Å². The average molecular weight is 249 g/mol. The molecule has 2 rings (SSSR count). The minimum absolute atomic E-state index is 0.453. The number of likely N-dealkylation sites (N-methyl/N-ethyl adjacent to an activating group) is 1. The molecule has 1 unspecified atom stereocenters. The first kappa shape index (κ1) is 12.3. The summed E-state index contributed by atoms with van der Waals surface area (Å²) >= 11 is 4.93. The summed E-state index contributed by atoms with van der Waals surface area (Å²) in [5, 5.41) is 3.55. The van der Waals surface area contributed by atoms with Gasteiger partial charge in [-0.05, 0) is 50.7 Å². The van der Waals surface area contributed by atoms with Crippen LogP contribution in [0.1, 0.15) is 18.4 Å². The van der Waals surface area contributed by atoms with Crippen LogP contribution in [0.25, 0.3) is 0 Å². The molecule has 3 nitrogen and oxygen atoms in total. The van der Waals surface area contributed by atoms with Gasteiger partial charge in [-0.2, -0.15) is 0 Å². The summed E-state index contributed by atoms with van der Waals surface area (Å²) in [7, 11) is 2.17. The summed E-state index contributed by atoms with van der Waals surface area (Å²) in [5.41, 5.74) is 7.64. The summed E-state index contributed by atoms with van der Waals surface area (Å²) in [5.74, 6) is 0. The molecule has 4 heteroatoms. The normalized spacial score (nSPS) is 21.1. The number of hydrogen-bond donors (Lipinski definition) is 2. The Kier molecular flexibility index (Phi) is 3.97. The first-order valence-corrected chi connectivity index (χ1v) is 6.41. The second-order valence-electron chi connectivity index (χ2n) is 4.69. The second-order valence-corrected chi connectivity index (χ2v) is 5.13. The van der Waals surface area contributed by atoms with Crippen molar-refractivity contribution in [2.24, 2.45) is 5.73 Å². The van der Waals surface area contributed by atoms with E-state index in [0.29, 0.717) is 11.0 Å². The van der Waals surface area contributed by atoms with Gasteiger partial charge < -0.3 is 16.0 Å². The maximum Gasteiger partial charge on any atom is 0.103 e. The highest BCUT2D eigenvalue weighted by atomic mass is 32.1. The fraction of sp³-hybridized carbons (Fsp3) is 0.462. The van der Waals surface area contributed by atoms with E-state index in [9.17, 15) is 0 Å². The molecule has 17 heavy (non-hydrogen) atoms. The van der Waals surface area contributed by atoms with E-state index in [1.54, 1.807) is 0 Å². The molecule has 0 spiro atoms. The first-order chi connectivity index (χ1) is 8.15. The van der Waals surface area contributed by atoms with Gasteiger partial charge in [0, 0.05) is 23.8 Å². The molecule has 0 bridgehead atoms. The highest BCUT2D eigenvalue weighted by molar-refractivity contribution is 7.80. The molecule has 92 valence electrons. The predicted octanol–water partition coefficient (Wildman–Crippen LogP) is 1.83. The summed E-state index contributed by atoms with van der Waals surface area (Å²) in [6.07, 6.45) is 2.50. The number of nitrogens with one attached hydrogen (secondary N) is 1. The lowest BCUT2D eigenvalue weighted by Crippen LogP contribution is -2.39. The smallest absolute Gasteiger partial charge is 0.103 e. The van der Waals surface area contributed by atoms with Crippen LogP contribution in [0.5, 0.6) is 0 Å². The lowest BCUT2D eigenvalue weighted by Gasteiger charge is -2.30.